The van der Waals surface area contributed by atoms with Gasteiger partial charge in [-0.05, 0) is 20.8 Å². The number of ether oxygens (including phenoxy) is 2. The van der Waals surface area contributed by atoms with Crippen LogP contribution >= 0.6 is 0 Å². The van der Waals surface area contributed by atoms with Crippen molar-refractivity contribution in [3.63, 3.8) is 0 Å². The average Bonchev–Trinajstić information content (AvgIpc) is 2.01. The maximum Gasteiger partial charge on any atom is 0.410 e. The van der Waals surface area contributed by atoms with Crippen molar-refractivity contribution in [3.05, 3.63) is 0 Å². The van der Waals surface area contributed by atoms with Gasteiger partial charge in [0.1, 0.15) is 6.61 Å². The number of rotatable bonds is 3. The van der Waals surface area contributed by atoms with E-state index in [0.29, 0.717) is 13.2 Å². The summed E-state index contributed by atoms with van der Waals surface area (Å²) in [6.45, 7) is 6.58. The van der Waals surface area contributed by atoms with E-state index in [1.54, 1.807) is 19.1 Å². The third-order valence-electron chi connectivity index (χ3n) is 1.79. The number of amides is 1. The van der Waals surface area contributed by atoms with Crippen LogP contribution in [0.2, 0.25) is 0 Å². The second-order valence-electron chi connectivity index (χ2n) is 3.84. The van der Waals surface area contributed by atoms with E-state index >= 15 is 0 Å². The maximum absolute atomic E-state index is 11.3. The van der Waals surface area contributed by atoms with Crippen molar-refractivity contribution >= 4 is 6.09 Å². The van der Waals surface area contributed by atoms with E-state index in [-0.39, 0.29) is 11.6 Å². The predicted octanol–water partition coefficient (Wildman–Crippen LogP) is 1.50. The molecule has 0 aromatic carbocycles. The summed E-state index contributed by atoms with van der Waals surface area (Å²) in [6, 6.07) is 0. The molecule has 13 heavy (non-hydrogen) atoms. The van der Waals surface area contributed by atoms with Crippen LogP contribution in [0, 0.1) is 0 Å². The molecule has 4 nitrogen and oxygen atoms in total. The maximum atomic E-state index is 11.3. The van der Waals surface area contributed by atoms with Gasteiger partial charge in [-0.3, -0.25) is 0 Å². The summed E-state index contributed by atoms with van der Waals surface area (Å²) in [6.07, 6.45) is -0.315. The van der Waals surface area contributed by atoms with E-state index in [0.717, 1.165) is 0 Å². The molecule has 0 aliphatic heterocycles. The first kappa shape index (κ1) is 12.2. The lowest BCUT2D eigenvalue weighted by molar-refractivity contribution is 0.0580. The third-order valence-corrected chi connectivity index (χ3v) is 1.79. The minimum absolute atomic E-state index is 0.204. The van der Waals surface area contributed by atoms with Crippen LogP contribution in [0.1, 0.15) is 20.8 Å². The summed E-state index contributed by atoms with van der Waals surface area (Å²) < 4.78 is 9.69. The molecule has 0 unspecified atom stereocenters. The Morgan fingerprint density at radius 2 is 1.85 bits per heavy atom. The van der Waals surface area contributed by atoms with E-state index in [1.807, 2.05) is 20.8 Å². The fraction of sp³-hybridized carbons (Fsp3) is 0.889. The summed E-state index contributed by atoms with van der Waals surface area (Å²) in [5, 5.41) is 0. The molecule has 0 aliphatic rings. The predicted molar refractivity (Wildman–Crippen MR) is 50.7 cm³/mol. The van der Waals surface area contributed by atoms with E-state index in [9.17, 15) is 4.79 Å². The molecule has 0 aliphatic carbocycles. The van der Waals surface area contributed by atoms with Crippen LogP contribution in [0.5, 0.6) is 0 Å². The van der Waals surface area contributed by atoms with Gasteiger partial charge in [0.2, 0.25) is 0 Å². The highest BCUT2D eigenvalue weighted by Crippen LogP contribution is 2.11. The van der Waals surface area contributed by atoms with Crippen LogP contribution < -0.4 is 0 Å². The molecule has 0 spiro atoms. The van der Waals surface area contributed by atoms with Gasteiger partial charge in [0, 0.05) is 19.7 Å². The first-order chi connectivity index (χ1) is 5.89. The third kappa shape index (κ3) is 4.72. The Morgan fingerprint density at radius 3 is 2.23 bits per heavy atom. The van der Waals surface area contributed by atoms with Crippen molar-refractivity contribution in [1.29, 1.82) is 0 Å². The highest BCUT2D eigenvalue weighted by molar-refractivity contribution is 5.68. The Kier molecular flexibility index (Phi) is 4.77. The summed E-state index contributed by atoms with van der Waals surface area (Å²) in [4.78, 5) is 12.9. The summed E-state index contributed by atoms with van der Waals surface area (Å²) in [5.74, 6) is 0. The van der Waals surface area contributed by atoms with E-state index in [4.69, 9.17) is 9.47 Å². The Balaban J connectivity index is 3.84. The lowest BCUT2D eigenvalue weighted by Gasteiger charge is -2.30. The molecular weight excluding hydrogens is 170 g/mol. The second kappa shape index (κ2) is 5.07. The summed E-state index contributed by atoms with van der Waals surface area (Å²) >= 11 is 0. The average molecular weight is 189 g/mol. The molecule has 0 saturated carbocycles. The highest BCUT2D eigenvalue weighted by Gasteiger charge is 2.23. The van der Waals surface area contributed by atoms with E-state index in [1.165, 1.54) is 0 Å². The smallest absolute Gasteiger partial charge is 0.410 e. The van der Waals surface area contributed by atoms with Crippen LogP contribution in [0.15, 0.2) is 0 Å². The van der Waals surface area contributed by atoms with Gasteiger partial charge in [-0.25, -0.2) is 4.79 Å². The van der Waals surface area contributed by atoms with Crippen LogP contribution in [-0.4, -0.2) is 43.9 Å². The number of hydrogen-bond donors (Lipinski definition) is 0. The van der Waals surface area contributed by atoms with E-state index < -0.39 is 0 Å². The number of carbonyl (C=O) groups is 1. The zero-order valence-electron chi connectivity index (χ0n) is 9.09. The number of methoxy groups -OCH3 is 1. The quantitative estimate of drug-likeness (QED) is 0.631. The van der Waals surface area contributed by atoms with Gasteiger partial charge in [-0.1, -0.05) is 0 Å². The van der Waals surface area contributed by atoms with Gasteiger partial charge in [0.15, 0.2) is 0 Å². The molecule has 0 radical (unpaired) electrons. The molecule has 0 N–H and O–H groups in total. The van der Waals surface area contributed by atoms with Gasteiger partial charge in [0.25, 0.3) is 0 Å². The molecule has 4 heteroatoms. The van der Waals surface area contributed by atoms with Crippen LogP contribution in [-0.2, 0) is 9.47 Å². The van der Waals surface area contributed by atoms with Crippen molar-refractivity contribution in [2.45, 2.75) is 26.3 Å². The number of nitrogens with zero attached hydrogens (tertiary/aromatic N) is 1. The van der Waals surface area contributed by atoms with Crippen molar-refractivity contribution in [1.82, 2.24) is 4.90 Å². The Labute approximate surface area is 79.8 Å². The summed E-state index contributed by atoms with van der Waals surface area (Å²) in [7, 11) is 3.29. The first-order valence-corrected chi connectivity index (χ1v) is 4.29. The Hall–Kier alpha value is -0.770. The lowest BCUT2D eigenvalue weighted by Crippen LogP contribution is -2.43. The molecular formula is C9H19NO3. The highest BCUT2D eigenvalue weighted by atomic mass is 16.6. The van der Waals surface area contributed by atoms with Crippen LogP contribution in [0.25, 0.3) is 0 Å². The van der Waals surface area contributed by atoms with Crippen molar-refractivity contribution in [2.75, 3.05) is 27.4 Å². The molecule has 0 fully saturated rings. The lowest BCUT2D eigenvalue weighted by atomic mass is 10.1. The molecule has 0 aromatic rings. The second-order valence-corrected chi connectivity index (χ2v) is 3.84. The standard InChI is InChI=1S/C9H19NO3/c1-9(2,3)10(4)8(11)13-7-6-12-5/h6-7H2,1-5H3. The first-order valence-electron chi connectivity index (χ1n) is 4.29. The van der Waals surface area contributed by atoms with Crippen molar-refractivity contribution < 1.29 is 14.3 Å². The van der Waals surface area contributed by atoms with E-state index in [2.05, 4.69) is 0 Å². The fourth-order valence-corrected chi connectivity index (χ4v) is 0.583. The molecule has 0 heterocycles. The van der Waals surface area contributed by atoms with Gasteiger partial charge < -0.3 is 14.4 Å². The zero-order chi connectivity index (χ0) is 10.5. The monoisotopic (exact) mass is 189 g/mol. The Morgan fingerprint density at radius 1 is 1.31 bits per heavy atom. The van der Waals surface area contributed by atoms with Crippen LogP contribution in [0.4, 0.5) is 4.79 Å². The topological polar surface area (TPSA) is 38.8 Å². The molecule has 78 valence electrons. The minimum Gasteiger partial charge on any atom is -0.447 e. The molecule has 0 bridgehead atoms. The SMILES string of the molecule is COCCOC(=O)N(C)C(C)(C)C. The van der Waals surface area contributed by atoms with Gasteiger partial charge in [0.05, 0.1) is 6.61 Å². The molecule has 0 saturated heterocycles. The molecule has 0 aromatic heterocycles. The molecule has 1 amide bonds. The molecule has 0 atom stereocenters. The van der Waals surface area contributed by atoms with Gasteiger partial charge in [-0.2, -0.15) is 0 Å². The minimum atomic E-state index is -0.315. The molecule has 0 rings (SSSR count). The van der Waals surface area contributed by atoms with Crippen LogP contribution in [0.3, 0.4) is 0 Å². The normalized spacial score (nSPS) is 11.2. The van der Waals surface area contributed by atoms with Crippen molar-refractivity contribution in [2.24, 2.45) is 0 Å². The van der Waals surface area contributed by atoms with Crippen molar-refractivity contribution in [3.8, 4) is 0 Å². The fourth-order valence-electron chi connectivity index (χ4n) is 0.583. The summed E-state index contributed by atoms with van der Waals surface area (Å²) in [5.41, 5.74) is -0.204. The largest absolute Gasteiger partial charge is 0.447 e. The number of carbonyl (C=O) groups excluding carboxylic acids is 1. The zero-order valence-corrected chi connectivity index (χ0v) is 9.09. The van der Waals surface area contributed by atoms with Gasteiger partial charge >= 0.3 is 6.09 Å². The van der Waals surface area contributed by atoms with Gasteiger partial charge in [-0.15, -0.1) is 0 Å². The Bertz CT molecular complexity index is 163. The number of hydrogen-bond acceptors (Lipinski definition) is 3.